The summed E-state index contributed by atoms with van der Waals surface area (Å²) in [6, 6.07) is 33.2. The van der Waals surface area contributed by atoms with E-state index in [4.69, 9.17) is 4.42 Å². The van der Waals surface area contributed by atoms with E-state index < -0.39 is 5.63 Å². The average Bonchev–Trinajstić information content (AvgIpc) is 2.86. The molecule has 0 N–H and O–H groups in total. The summed E-state index contributed by atoms with van der Waals surface area (Å²) in [5.41, 5.74) is 2.17. The van der Waals surface area contributed by atoms with E-state index in [2.05, 4.69) is 0 Å². The van der Waals surface area contributed by atoms with Crippen molar-refractivity contribution < 1.29 is 4.42 Å². The topological polar surface area (TPSA) is 52.2 Å². The molecule has 6 aromatic rings. The van der Waals surface area contributed by atoms with E-state index in [0.717, 1.165) is 33.0 Å². The fourth-order valence-electron chi connectivity index (χ4n) is 4.58. The van der Waals surface area contributed by atoms with Crippen LogP contribution in [-0.4, -0.2) is 4.57 Å². The van der Waals surface area contributed by atoms with Crippen LogP contribution < -0.4 is 11.2 Å². The van der Waals surface area contributed by atoms with Crippen LogP contribution >= 0.6 is 0 Å². The highest BCUT2D eigenvalue weighted by Gasteiger charge is 2.19. The second-order valence-corrected chi connectivity index (χ2v) is 8.11. The highest BCUT2D eigenvalue weighted by atomic mass is 16.4. The number of benzene rings is 4. The number of hydrogen-bond donors (Lipinski definition) is 0. The molecule has 158 valence electrons. The molecule has 0 atom stereocenters. The normalized spacial score (nSPS) is 11.4. The number of pyridine rings is 1. The third-order valence-electron chi connectivity index (χ3n) is 6.12. The smallest absolute Gasteiger partial charge is 0.349 e. The van der Waals surface area contributed by atoms with Gasteiger partial charge in [-0.25, -0.2) is 4.79 Å². The van der Waals surface area contributed by atoms with Gasteiger partial charge < -0.3 is 8.98 Å². The highest BCUT2D eigenvalue weighted by molar-refractivity contribution is 6.18. The van der Waals surface area contributed by atoms with Gasteiger partial charge in [-0.3, -0.25) is 4.79 Å². The van der Waals surface area contributed by atoms with Crippen molar-refractivity contribution in [3.63, 3.8) is 0 Å². The molecule has 2 aromatic heterocycles. The molecular weight excluding hydrogens is 410 g/mol. The van der Waals surface area contributed by atoms with Gasteiger partial charge in [0.15, 0.2) is 0 Å². The number of nitrogens with zero attached hydrogens (tertiary/aromatic N) is 1. The van der Waals surface area contributed by atoms with Gasteiger partial charge in [-0.2, -0.15) is 0 Å². The van der Waals surface area contributed by atoms with Crippen LogP contribution in [0.25, 0.3) is 43.8 Å². The molecular formula is C29H19NO3. The van der Waals surface area contributed by atoms with E-state index in [0.29, 0.717) is 17.5 Å². The summed E-state index contributed by atoms with van der Waals surface area (Å²) in [6.45, 7) is 0.354. The number of hydrogen-bond acceptors (Lipinski definition) is 3. The molecule has 0 aliphatic carbocycles. The minimum absolute atomic E-state index is 0.0782. The Bertz CT molecular complexity index is 1760. The van der Waals surface area contributed by atoms with Gasteiger partial charge in [0.1, 0.15) is 11.0 Å². The van der Waals surface area contributed by atoms with Crippen molar-refractivity contribution in [3.05, 3.63) is 129 Å². The molecule has 4 heteroatoms. The molecule has 0 aliphatic rings. The van der Waals surface area contributed by atoms with Crippen LogP contribution in [0.4, 0.5) is 0 Å². The molecule has 0 bridgehead atoms. The molecule has 0 amide bonds. The van der Waals surface area contributed by atoms with Crippen LogP contribution in [0.2, 0.25) is 0 Å². The SMILES string of the molecule is O=c1oc2ccc3ccccc3c2c2cc(-c3ccccc3)n(Cc3ccccc3)c(=O)c12. The Morgan fingerprint density at radius 1 is 0.667 bits per heavy atom. The monoisotopic (exact) mass is 429 g/mol. The molecule has 2 heterocycles. The zero-order chi connectivity index (χ0) is 22.4. The van der Waals surface area contributed by atoms with Crippen molar-refractivity contribution in [1.29, 1.82) is 0 Å². The zero-order valence-electron chi connectivity index (χ0n) is 17.7. The molecule has 0 radical (unpaired) electrons. The minimum Gasteiger partial charge on any atom is -0.422 e. The van der Waals surface area contributed by atoms with Gasteiger partial charge in [0, 0.05) is 10.8 Å². The quantitative estimate of drug-likeness (QED) is 0.257. The summed E-state index contributed by atoms with van der Waals surface area (Å²) in [7, 11) is 0. The summed E-state index contributed by atoms with van der Waals surface area (Å²) >= 11 is 0. The Morgan fingerprint density at radius 2 is 1.36 bits per heavy atom. The molecule has 0 spiro atoms. The van der Waals surface area contributed by atoms with Crippen LogP contribution in [0.5, 0.6) is 0 Å². The Morgan fingerprint density at radius 3 is 2.15 bits per heavy atom. The first-order valence-corrected chi connectivity index (χ1v) is 10.8. The van der Waals surface area contributed by atoms with Crippen LogP contribution in [-0.2, 0) is 6.54 Å². The lowest BCUT2D eigenvalue weighted by Crippen LogP contribution is -2.26. The van der Waals surface area contributed by atoms with Gasteiger partial charge in [0.05, 0.1) is 12.2 Å². The molecule has 0 saturated heterocycles. The third kappa shape index (κ3) is 3.15. The van der Waals surface area contributed by atoms with Gasteiger partial charge in [-0.05, 0) is 34.0 Å². The molecule has 4 nitrogen and oxygen atoms in total. The van der Waals surface area contributed by atoms with Crippen molar-refractivity contribution in [2.45, 2.75) is 6.54 Å². The van der Waals surface area contributed by atoms with Crippen LogP contribution in [0.1, 0.15) is 5.56 Å². The van der Waals surface area contributed by atoms with Crippen LogP contribution in [0.3, 0.4) is 0 Å². The number of aromatic nitrogens is 1. The Hall–Kier alpha value is -4.44. The van der Waals surface area contributed by atoms with Crippen molar-refractivity contribution in [3.8, 4) is 11.3 Å². The molecule has 0 aliphatic heterocycles. The number of fused-ring (bicyclic) bond motifs is 5. The van der Waals surface area contributed by atoms with Gasteiger partial charge in [-0.15, -0.1) is 0 Å². The summed E-state index contributed by atoms with van der Waals surface area (Å²) in [5.74, 6) is 0. The van der Waals surface area contributed by atoms with Gasteiger partial charge in [0.25, 0.3) is 5.56 Å². The standard InChI is InChI=1S/C29H19NO3/c31-28-27-23(26-22-14-8-7-11-20(22)15-16-25(26)33-29(27)32)17-24(21-12-5-2-6-13-21)30(28)18-19-9-3-1-4-10-19/h1-17H,18H2. The summed E-state index contributed by atoms with van der Waals surface area (Å²) in [4.78, 5) is 26.9. The summed E-state index contributed by atoms with van der Waals surface area (Å²) < 4.78 is 7.31. The molecule has 0 unspecified atom stereocenters. The molecule has 0 saturated carbocycles. The second kappa shape index (κ2) is 7.61. The van der Waals surface area contributed by atoms with Crippen molar-refractivity contribution >= 4 is 32.5 Å². The van der Waals surface area contributed by atoms with E-state index in [9.17, 15) is 9.59 Å². The maximum Gasteiger partial charge on any atom is 0.349 e. The molecule has 0 fully saturated rings. The Balaban J connectivity index is 1.79. The average molecular weight is 429 g/mol. The first-order valence-electron chi connectivity index (χ1n) is 10.8. The Labute approximate surface area is 189 Å². The molecule has 6 rings (SSSR count). The minimum atomic E-state index is -0.612. The maximum absolute atomic E-state index is 13.8. The van der Waals surface area contributed by atoms with E-state index in [1.54, 1.807) is 10.6 Å². The van der Waals surface area contributed by atoms with Gasteiger partial charge >= 0.3 is 5.63 Å². The number of rotatable bonds is 3. The maximum atomic E-state index is 13.8. The van der Waals surface area contributed by atoms with Gasteiger partial charge in [-0.1, -0.05) is 91.0 Å². The highest BCUT2D eigenvalue weighted by Crippen LogP contribution is 2.32. The predicted octanol–water partition coefficient (Wildman–Crippen LogP) is 5.98. The van der Waals surface area contributed by atoms with E-state index in [-0.39, 0.29) is 10.9 Å². The van der Waals surface area contributed by atoms with Crippen LogP contribution in [0, 0.1) is 0 Å². The third-order valence-corrected chi connectivity index (χ3v) is 6.12. The summed E-state index contributed by atoms with van der Waals surface area (Å²) in [5, 5.41) is 3.45. The lowest BCUT2D eigenvalue weighted by molar-refractivity contribution is 0.568. The van der Waals surface area contributed by atoms with E-state index >= 15 is 0 Å². The fraction of sp³-hybridized carbons (Fsp3) is 0.0345. The predicted molar refractivity (Wildman–Crippen MR) is 133 cm³/mol. The van der Waals surface area contributed by atoms with Crippen LogP contribution in [0.15, 0.2) is 117 Å². The zero-order valence-corrected chi connectivity index (χ0v) is 17.7. The Kier molecular flexibility index (Phi) is 4.44. The summed E-state index contributed by atoms with van der Waals surface area (Å²) in [6.07, 6.45) is 0. The fourth-order valence-corrected chi connectivity index (χ4v) is 4.58. The van der Waals surface area contributed by atoms with Crippen molar-refractivity contribution in [2.75, 3.05) is 0 Å². The van der Waals surface area contributed by atoms with E-state index in [1.807, 2.05) is 97.1 Å². The lowest BCUT2D eigenvalue weighted by Gasteiger charge is -2.16. The lowest BCUT2D eigenvalue weighted by atomic mass is 9.99. The first-order chi connectivity index (χ1) is 16.2. The molecule has 4 aromatic carbocycles. The van der Waals surface area contributed by atoms with Crippen molar-refractivity contribution in [2.24, 2.45) is 0 Å². The van der Waals surface area contributed by atoms with E-state index in [1.165, 1.54) is 0 Å². The largest absolute Gasteiger partial charge is 0.422 e. The molecule has 33 heavy (non-hydrogen) atoms. The first kappa shape index (κ1) is 19.3. The van der Waals surface area contributed by atoms with Gasteiger partial charge in [0.2, 0.25) is 0 Å². The van der Waals surface area contributed by atoms with Crippen molar-refractivity contribution in [1.82, 2.24) is 4.57 Å². The second-order valence-electron chi connectivity index (χ2n) is 8.11.